The maximum atomic E-state index is 12.6. The SMILES string of the molecule is CC/C=C/C=C/C=C/C=C/C=C/CCCC(=O)OC(COC(=O)CCCCC/C=C/C/C=C/C/C=C/C/C=C/C/C=C/C/C=C/CC)COP(=O)(O)OCC[N+](C)(C)C. The van der Waals surface area contributed by atoms with Gasteiger partial charge in [0.15, 0.2) is 6.10 Å². The Labute approximate surface area is 358 Å². The molecule has 0 aromatic carbocycles. The fourth-order valence-corrected chi connectivity index (χ4v) is 5.49. The van der Waals surface area contributed by atoms with Crippen molar-refractivity contribution in [3.63, 3.8) is 0 Å². The van der Waals surface area contributed by atoms with Gasteiger partial charge in [0.05, 0.1) is 27.7 Å². The van der Waals surface area contributed by atoms with Crippen molar-refractivity contribution >= 4 is 19.8 Å². The van der Waals surface area contributed by atoms with Crippen molar-refractivity contribution < 1.29 is 42.1 Å². The van der Waals surface area contributed by atoms with Gasteiger partial charge in [0.25, 0.3) is 0 Å². The standard InChI is InChI=1S/C49H76NO8P/c1-6-8-10-12-14-16-18-20-21-22-23-24-25-26-27-28-30-31-33-35-37-39-41-48(51)55-45-47(46-57-59(53,54)56-44-43-50(3,4)5)58-49(52)42-40-38-36-34-32-29-19-17-15-13-11-9-7-2/h8-11,13-17,19-21,23-24,26-27,29-32,34,36,47H,6-7,12,18,22,25,28,33,35,37-46H2,1-5H3/p+1/b10-8+,11-9+,15-13+,16-14+,19-17+,21-20+,24-23+,27-26+,31-30+,32-29+,36-34+. The molecule has 2 atom stereocenters. The summed E-state index contributed by atoms with van der Waals surface area (Å²) in [7, 11) is 1.38. The fraction of sp³-hybridized carbons (Fsp3) is 0.510. The molecule has 0 aromatic rings. The lowest BCUT2D eigenvalue weighted by Crippen LogP contribution is -2.37. The number of likely N-dealkylation sites (N-methyl/N-ethyl adjacent to an activating group) is 1. The Morgan fingerprint density at radius 2 is 1.02 bits per heavy atom. The number of phosphoric acid groups is 1. The monoisotopic (exact) mass is 839 g/mol. The number of carbonyl (C=O) groups excluding carboxylic acids is 2. The number of hydrogen-bond acceptors (Lipinski definition) is 7. The minimum Gasteiger partial charge on any atom is -0.462 e. The molecule has 0 fully saturated rings. The maximum absolute atomic E-state index is 12.6. The van der Waals surface area contributed by atoms with Gasteiger partial charge in [0, 0.05) is 12.8 Å². The zero-order chi connectivity index (χ0) is 43.6. The third-order valence-electron chi connectivity index (χ3n) is 8.05. The highest BCUT2D eigenvalue weighted by molar-refractivity contribution is 7.47. The van der Waals surface area contributed by atoms with E-state index in [2.05, 4.69) is 92.8 Å². The van der Waals surface area contributed by atoms with Gasteiger partial charge in [-0.25, -0.2) is 4.57 Å². The van der Waals surface area contributed by atoms with E-state index in [1.165, 1.54) is 0 Å². The van der Waals surface area contributed by atoms with E-state index >= 15 is 0 Å². The summed E-state index contributed by atoms with van der Waals surface area (Å²) in [4.78, 5) is 35.3. The van der Waals surface area contributed by atoms with Gasteiger partial charge >= 0.3 is 19.8 Å². The summed E-state index contributed by atoms with van der Waals surface area (Å²) in [5.41, 5.74) is 0. The Morgan fingerprint density at radius 3 is 1.56 bits per heavy atom. The first-order chi connectivity index (χ1) is 28.5. The second kappa shape index (κ2) is 39.6. The van der Waals surface area contributed by atoms with E-state index in [0.717, 1.165) is 64.2 Å². The van der Waals surface area contributed by atoms with Crippen LogP contribution in [0.25, 0.3) is 0 Å². The molecule has 1 N–H and O–H groups in total. The van der Waals surface area contributed by atoms with Crippen molar-refractivity contribution in [3.05, 3.63) is 134 Å². The van der Waals surface area contributed by atoms with E-state index in [1.54, 1.807) is 0 Å². The minimum absolute atomic E-state index is 0.00347. The highest BCUT2D eigenvalue weighted by atomic mass is 31.2. The molecule has 0 amide bonds. The average molecular weight is 839 g/mol. The summed E-state index contributed by atoms with van der Waals surface area (Å²) in [5, 5.41) is 0. The molecule has 10 heteroatoms. The molecule has 0 aliphatic rings. The number of unbranched alkanes of at least 4 members (excludes halogenated alkanes) is 4. The molecule has 9 nitrogen and oxygen atoms in total. The topological polar surface area (TPSA) is 108 Å². The highest BCUT2D eigenvalue weighted by Crippen LogP contribution is 2.43. The number of hydrogen-bond donors (Lipinski definition) is 1. The lowest BCUT2D eigenvalue weighted by atomic mass is 10.1. The first-order valence-corrected chi connectivity index (χ1v) is 23.0. The van der Waals surface area contributed by atoms with Crippen LogP contribution in [-0.4, -0.2) is 74.9 Å². The van der Waals surface area contributed by atoms with Crippen LogP contribution in [0.1, 0.15) is 110 Å². The molecule has 2 unspecified atom stereocenters. The van der Waals surface area contributed by atoms with Crippen molar-refractivity contribution in [2.75, 3.05) is 47.5 Å². The molecule has 59 heavy (non-hydrogen) atoms. The Balaban J connectivity index is 4.52. The van der Waals surface area contributed by atoms with Gasteiger partial charge in [-0.3, -0.25) is 18.6 Å². The van der Waals surface area contributed by atoms with Crippen LogP contribution in [0, 0.1) is 0 Å². The quantitative estimate of drug-likeness (QED) is 0.0166. The third kappa shape index (κ3) is 43.6. The Kier molecular flexibility index (Phi) is 37.0. The van der Waals surface area contributed by atoms with Crippen LogP contribution in [0.5, 0.6) is 0 Å². The zero-order valence-corrected chi connectivity index (χ0v) is 37.8. The van der Waals surface area contributed by atoms with E-state index in [1.807, 2.05) is 75.8 Å². The average Bonchev–Trinajstić information content (AvgIpc) is 3.19. The molecule has 0 aromatic heterocycles. The van der Waals surface area contributed by atoms with Crippen molar-refractivity contribution in [2.24, 2.45) is 0 Å². The number of esters is 2. The Bertz CT molecular complexity index is 1460. The van der Waals surface area contributed by atoms with E-state index in [4.69, 9.17) is 18.5 Å². The van der Waals surface area contributed by atoms with Gasteiger partial charge < -0.3 is 18.9 Å². The molecule has 0 aliphatic carbocycles. The van der Waals surface area contributed by atoms with Crippen LogP contribution in [-0.2, 0) is 32.7 Å². The van der Waals surface area contributed by atoms with Crippen molar-refractivity contribution in [1.29, 1.82) is 0 Å². The lowest BCUT2D eigenvalue weighted by molar-refractivity contribution is -0.870. The molecular formula is C49H77NO8P+. The second-order valence-electron chi connectivity index (χ2n) is 14.7. The summed E-state index contributed by atoms with van der Waals surface area (Å²) in [6, 6.07) is 0. The highest BCUT2D eigenvalue weighted by Gasteiger charge is 2.27. The van der Waals surface area contributed by atoms with Crippen molar-refractivity contribution in [2.45, 2.75) is 116 Å². The molecule has 0 radical (unpaired) electrons. The number of rotatable bonds is 36. The molecule has 0 bridgehead atoms. The summed E-state index contributed by atoms with van der Waals surface area (Å²) in [6.45, 7) is 3.98. The number of ether oxygens (including phenoxy) is 2. The fourth-order valence-electron chi connectivity index (χ4n) is 4.75. The van der Waals surface area contributed by atoms with Crippen LogP contribution in [0.2, 0.25) is 0 Å². The number of quaternary nitrogens is 1. The van der Waals surface area contributed by atoms with Gasteiger partial charge in [-0.05, 0) is 77.0 Å². The lowest BCUT2D eigenvalue weighted by Gasteiger charge is -2.24. The van der Waals surface area contributed by atoms with Gasteiger partial charge in [0.1, 0.15) is 19.8 Å². The normalized spacial score (nSPS) is 14.9. The summed E-state index contributed by atoms with van der Waals surface area (Å²) >= 11 is 0. The van der Waals surface area contributed by atoms with E-state index in [9.17, 15) is 19.0 Å². The third-order valence-corrected chi connectivity index (χ3v) is 9.04. The molecule has 0 saturated carbocycles. The molecule has 0 heterocycles. The molecule has 0 aliphatic heterocycles. The summed E-state index contributed by atoms with van der Waals surface area (Å²) < 4.78 is 34.1. The molecular weight excluding hydrogens is 762 g/mol. The number of allylic oxidation sites excluding steroid dienone is 22. The minimum atomic E-state index is -4.41. The van der Waals surface area contributed by atoms with Gasteiger partial charge in [0.2, 0.25) is 0 Å². The molecule has 0 saturated heterocycles. The van der Waals surface area contributed by atoms with Gasteiger partial charge in [-0.15, -0.1) is 0 Å². The Hall–Kier alpha value is -3.85. The van der Waals surface area contributed by atoms with Crippen LogP contribution in [0.15, 0.2) is 134 Å². The van der Waals surface area contributed by atoms with E-state index < -0.39 is 32.5 Å². The zero-order valence-electron chi connectivity index (χ0n) is 36.9. The largest absolute Gasteiger partial charge is 0.472 e. The van der Waals surface area contributed by atoms with Crippen LogP contribution < -0.4 is 0 Å². The second-order valence-corrected chi connectivity index (χ2v) is 16.2. The molecule has 330 valence electrons. The first-order valence-electron chi connectivity index (χ1n) is 21.5. The summed E-state index contributed by atoms with van der Waals surface area (Å²) in [5.74, 6) is -0.942. The van der Waals surface area contributed by atoms with E-state index in [0.29, 0.717) is 30.3 Å². The van der Waals surface area contributed by atoms with Crippen LogP contribution >= 0.6 is 7.82 Å². The first kappa shape index (κ1) is 55.2. The number of carbonyl (C=O) groups is 2. The molecule has 0 spiro atoms. The van der Waals surface area contributed by atoms with Crippen LogP contribution in [0.4, 0.5) is 0 Å². The molecule has 0 rings (SSSR count). The smallest absolute Gasteiger partial charge is 0.462 e. The van der Waals surface area contributed by atoms with Crippen LogP contribution in [0.3, 0.4) is 0 Å². The predicted molar refractivity (Wildman–Crippen MR) is 247 cm³/mol. The van der Waals surface area contributed by atoms with E-state index in [-0.39, 0.29) is 26.1 Å². The van der Waals surface area contributed by atoms with Gasteiger partial charge in [-0.1, -0.05) is 154 Å². The van der Waals surface area contributed by atoms with Gasteiger partial charge in [-0.2, -0.15) is 0 Å². The maximum Gasteiger partial charge on any atom is 0.472 e. The van der Waals surface area contributed by atoms with Crippen molar-refractivity contribution in [3.8, 4) is 0 Å². The Morgan fingerprint density at radius 1 is 0.542 bits per heavy atom. The predicted octanol–water partition coefficient (Wildman–Crippen LogP) is 12.3. The number of phosphoric ester groups is 1. The summed E-state index contributed by atoms with van der Waals surface area (Å²) in [6.07, 6.45) is 56.6. The number of nitrogens with zero attached hydrogens (tertiary/aromatic N) is 1. The van der Waals surface area contributed by atoms with Crippen molar-refractivity contribution in [1.82, 2.24) is 0 Å².